The first-order valence-corrected chi connectivity index (χ1v) is 2.85. The maximum Gasteiger partial charge on any atom is 0.435 e. The van der Waals surface area contributed by atoms with Crippen LogP contribution in [-0.2, 0) is 19.2 Å². The zero-order valence-electron chi connectivity index (χ0n) is 6.81. The fourth-order valence-electron chi connectivity index (χ4n) is 0.0504. The summed E-state index contributed by atoms with van der Waals surface area (Å²) in [6.45, 7) is 4.60. The van der Waals surface area contributed by atoms with Crippen LogP contribution < -0.4 is 5.90 Å². The van der Waals surface area contributed by atoms with Gasteiger partial charge in [-0.05, 0) is 6.92 Å². The van der Waals surface area contributed by atoms with Gasteiger partial charge in [-0.3, -0.25) is 0 Å². The van der Waals surface area contributed by atoms with Crippen LogP contribution in [0.3, 0.4) is 0 Å². The van der Waals surface area contributed by atoms with Crippen molar-refractivity contribution in [1.82, 2.24) is 0 Å². The summed E-state index contributed by atoms with van der Waals surface area (Å²) < 4.78 is 0. The first kappa shape index (κ1) is 13.7. The number of rotatable bonds is 1. The third kappa shape index (κ3) is 10.1. The number of nitrogens with two attached hydrogens (primary N) is 1. The molecule has 0 bridgehead atoms. The predicted octanol–water partition coefficient (Wildman–Crippen LogP) is -0.865. The van der Waals surface area contributed by atoms with Crippen molar-refractivity contribution in [2.75, 3.05) is 0 Å². The number of hydrogen-bond donors (Lipinski definition) is 3. The Morgan fingerprint density at radius 2 is 1.54 bits per heavy atom. The summed E-state index contributed by atoms with van der Waals surface area (Å²) in [5, 5.41) is 15.5. The Bertz CT molecular complexity index is 221. The molecule has 4 N–H and O–H groups in total. The molecule has 0 aliphatic carbocycles. The number of carboxylic acid groups (broad SMARTS) is 2. The third-order valence-corrected chi connectivity index (χ3v) is 0.647. The lowest BCUT2D eigenvalue weighted by molar-refractivity contribution is -0.164. The molecular formula is C6H9NO6. The van der Waals surface area contributed by atoms with Gasteiger partial charge in [0, 0.05) is 5.57 Å². The molecule has 0 aromatic heterocycles. The Morgan fingerprint density at radius 3 is 1.54 bits per heavy atom. The van der Waals surface area contributed by atoms with Crippen LogP contribution in [0.5, 0.6) is 0 Å². The monoisotopic (exact) mass is 191 g/mol. The fourth-order valence-corrected chi connectivity index (χ4v) is 0.0504. The second-order valence-corrected chi connectivity index (χ2v) is 1.80. The van der Waals surface area contributed by atoms with Crippen molar-refractivity contribution in [3.8, 4) is 0 Å². The molecule has 0 saturated carbocycles. The van der Waals surface area contributed by atoms with E-state index in [0.29, 0.717) is 0 Å². The van der Waals surface area contributed by atoms with Crippen LogP contribution in [0, 0.1) is 0 Å². The van der Waals surface area contributed by atoms with Gasteiger partial charge in [-0.2, -0.15) is 5.90 Å². The predicted molar refractivity (Wildman–Crippen MR) is 40.4 cm³/mol. The largest absolute Gasteiger partial charge is 0.478 e. The molecule has 0 aliphatic rings. The molecule has 0 atom stereocenters. The van der Waals surface area contributed by atoms with Crippen LogP contribution in [0.4, 0.5) is 0 Å². The van der Waals surface area contributed by atoms with Crippen molar-refractivity contribution in [2.45, 2.75) is 6.92 Å². The summed E-state index contributed by atoms with van der Waals surface area (Å²) in [4.78, 5) is 31.8. The van der Waals surface area contributed by atoms with E-state index >= 15 is 0 Å². The highest BCUT2D eigenvalue weighted by Gasteiger charge is 2.09. The van der Waals surface area contributed by atoms with E-state index in [2.05, 4.69) is 17.3 Å². The molecule has 0 aliphatic heterocycles. The van der Waals surface area contributed by atoms with E-state index in [1.807, 2.05) is 0 Å². The number of carboxylic acids is 2. The number of carbonyl (C=O) groups is 3. The average Bonchev–Trinajstić information content (AvgIpc) is 2.03. The summed E-state index contributed by atoms with van der Waals surface area (Å²) in [5.74, 6) is 0.0569. The minimum atomic E-state index is -1.69. The van der Waals surface area contributed by atoms with Crippen LogP contribution in [0.1, 0.15) is 6.92 Å². The summed E-state index contributed by atoms with van der Waals surface area (Å²) in [6.07, 6.45) is 0. The van der Waals surface area contributed by atoms with E-state index in [-0.39, 0.29) is 5.57 Å². The van der Waals surface area contributed by atoms with E-state index in [1.165, 1.54) is 6.92 Å². The van der Waals surface area contributed by atoms with Crippen LogP contribution >= 0.6 is 0 Å². The maximum atomic E-state index is 9.60. The smallest absolute Gasteiger partial charge is 0.435 e. The first-order chi connectivity index (χ1) is 5.82. The van der Waals surface area contributed by atoms with E-state index in [0.717, 1.165) is 0 Å². The van der Waals surface area contributed by atoms with Crippen molar-refractivity contribution >= 4 is 17.9 Å². The minimum Gasteiger partial charge on any atom is -0.478 e. The molecule has 13 heavy (non-hydrogen) atoms. The zero-order valence-corrected chi connectivity index (χ0v) is 6.81. The lowest BCUT2D eigenvalue weighted by Gasteiger charge is -1.84. The molecule has 7 nitrogen and oxygen atoms in total. The summed E-state index contributed by atoms with van der Waals surface area (Å²) in [5.41, 5.74) is 0.176. The minimum absolute atomic E-state index is 0.176. The number of carbonyl (C=O) groups excluding carboxylic acids is 1. The lowest BCUT2D eigenvalue weighted by atomic mass is 10.4. The molecule has 0 amide bonds. The summed E-state index contributed by atoms with van der Waals surface area (Å²) >= 11 is 0. The van der Waals surface area contributed by atoms with Gasteiger partial charge in [0.25, 0.3) is 0 Å². The van der Waals surface area contributed by atoms with Crippen LogP contribution in [0.15, 0.2) is 12.2 Å². The molecular weight excluding hydrogens is 182 g/mol. The molecule has 0 fully saturated rings. The number of hydrogen-bond acceptors (Lipinski definition) is 5. The molecule has 0 aromatic carbocycles. The highest BCUT2D eigenvalue weighted by Crippen LogP contribution is 1.81. The topological polar surface area (TPSA) is 127 Å². The van der Waals surface area contributed by atoms with Gasteiger partial charge in [-0.1, -0.05) is 6.58 Å². The summed E-state index contributed by atoms with van der Waals surface area (Å²) in [7, 11) is 0. The first-order valence-electron chi connectivity index (χ1n) is 2.85. The molecule has 0 saturated heterocycles. The van der Waals surface area contributed by atoms with E-state index in [9.17, 15) is 14.4 Å². The highest BCUT2D eigenvalue weighted by molar-refractivity contribution is 6.28. The molecule has 0 unspecified atom stereocenters. The second-order valence-electron chi connectivity index (χ2n) is 1.80. The van der Waals surface area contributed by atoms with Gasteiger partial charge in [0.1, 0.15) is 0 Å². The van der Waals surface area contributed by atoms with Gasteiger partial charge in [0.05, 0.1) is 0 Å². The molecule has 7 heteroatoms. The molecule has 0 radical (unpaired) electrons. The lowest BCUT2D eigenvalue weighted by Crippen LogP contribution is -2.19. The van der Waals surface area contributed by atoms with Crippen LogP contribution in [0.25, 0.3) is 0 Å². The fraction of sp³-hybridized carbons (Fsp3) is 0.167. The quantitative estimate of drug-likeness (QED) is 0.279. The third-order valence-electron chi connectivity index (χ3n) is 0.647. The second kappa shape index (κ2) is 6.80. The van der Waals surface area contributed by atoms with Gasteiger partial charge in [0.2, 0.25) is 0 Å². The van der Waals surface area contributed by atoms with Gasteiger partial charge < -0.3 is 15.1 Å². The van der Waals surface area contributed by atoms with Crippen molar-refractivity contribution < 1.29 is 29.4 Å². The van der Waals surface area contributed by atoms with Crippen LogP contribution in [0.2, 0.25) is 0 Å². The van der Waals surface area contributed by atoms with Gasteiger partial charge in [0.15, 0.2) is 0 Å². The zero-order chi connectivity index (χ0) is 11.0. The van der Waals surface area contributed by atoms with E-state index in [1.54, 1.807) is 0 Å². The van der Waals surface area contributed by atoms with E-state index in [4.69, 9.17) is 10.2 Å². The Balaban J connectivity index is 0. The SMILES string of the molecule is C=C(C)C(=O)O.NOC(=O)C(=O)O. The van der Waals surface area contributed by atoms with Crippen molar-refractivity contribution in [3.05, 3.63) is 12.2 Å². The number of aliphatic carboxylic acids is 2. The maximum absolute atomic E-state index is 9.60. The van der Waals surface area contributed by atoms with Gasteiger partial charge in [-0.25, -0.2) is 14.4 Å². The summed E-state index contributed by atoms with van der Waals surface area (Å²) in [6, 6.07) is 0. The van der Waals surface area contributed by atoms with Crippen molar-refractivity contribution in [1.29, 1.82) is 0 Å². The van der Waals surface area contributed by atoms with Crippen molar-refractivity contribution in [2.24, 2.45) is 5.90 Å². The molecule has 0 heterocycles. The van der Waals surface area contributed by atoms with Crippen molar-refractivity contribution in [3.63, 3.8) is 0 Å². The Morgan fingerprint density at radius 1 is 1.23 bits per heavy atom. The van der Waals surface area contributed by atoms with Crippen LogP contribution in [-0.4, -0.2) is 28.1 Å². The Labute approximate surface area is 73.4 Å². The molecule has 0 spiro atoms. The normalized spacial score (nSPS) is 7.54. The molecule has 0 aromatic rings. The average molecular weight is 191 g/mol. The Hall–Kier alpha value is -1.89. The van der Waals surface area contributed by atoms with Gasteiger partial charge >= 0.3 is 17.9 Å². The molecule has 74 valence electrons. The standard InChI is InChI=1S/C4H6O2.C2H3NO4/c1-3(2)4(5)6;3-7-2(6)1(4)5/h1H2,2H3,(H,5,6);3H2,(H,4,5). The van der Waals surface area contributed by atoms with Gasteiger partial charge in [-0.15, -0.1) is 0 Å². The Kier molecular flexibility index (Phi) is 7.15. The highest BCUT2D eigenvalue weighted by atomic mass is 16.7. The van der Waals surface area contributed by atoms with E-state index < -0.39 is 17.9 Å². The molecule has 0 rings (SSSR count).